The summed E-state index contributed by atoms with van der Waals surface area (Å²) in [6.45, 7) is 1.39. The molecule has 3 heterocycles. The zero-order chi connectivity index (χ0) is 25.3. The number of hydrogen-bond donors (Lipinski definition) is 1. The van der Waals surface area contributed by atoms with E-state index in [1.165, 1.54) is 11.0 Å². The molecule has 5 rings (SSSR count). The van der Waals surface area contributed by atoms with E-state index in [9.17, 15) is 23.1 Å². The monoisotopic (exact) mass is 508 g/mol. The van der Waals surface area contributed by atoms with Crippen LogP contribution in [-0.4, -0.2) is 78.4 Å². The average Bonchev–Trinajstić information content (AvgIpc) is 2.92. The number of rotatable bonds is 5. The molecule has 2 saturated heterocycles. The number of carboxylic acid groups (broad SMARTS) is 1. The number of hydrogen-bond acceptors (Lipinski definition) is 6. The minimum absolute atomic E-state index is 0.0516. The van der Waals surface area contributed by atoms with Crippen LogP contribution in [0.2, 0.25) is 0 Å². The van der Waals surface area contributed by atoms with Crippen molar-refractivity contribution < 1.29 is 23.1 Å². The summed E-state index contributed by atoms with van der Waals surface area (Å²) in [7, 11) is -4.06. The van der Waals surface area contributed by atoms with Crippen LogP contribution < -0.4 is 4.90 Å². The van der Waals surface area contributed by atoms with Gasteiger partial charge in [-0.05, 0) is 47.9 Å². The molecular weight excluding hydrogens is 480 g/mol. The van der Waals surface area contributed by atoms with Crippen molar-refractivity contribution in [2.75, 3.05) is 37.6 Å². The van der Waals surface area contributed by atoms with Gasteiger partial charge in [0.1, 0.15) is 6.04 Å². The highest BCUT2D eigenvalue weighted by Gasteiger charge is 2.42. The first kappa shape index (κ1) is 24.2. The van der Waals surface area contributed by atoms with Crippen LogP contribution in [0.25, 0.3) is 10.8 Å². The van der Waals surface area contributed by atoms with Gasteiger partial charge in [-0.15, -0.1) is 0 Å². The van der Waals surface area contributed by atoms with Gasteiger partial charge < -0.3 is 14.9 Å². The number of sulfonamides is 1. The molecule has 2 fully saturated rings. The summed E-state index contributed by atoms with van der Waals surface area (Å²) in [4.78, 5) is 33.2. The summed E-state index contributed by atoms with van der Waals surface area (Å²) in [6, 6.07) is 14.7. The van der Waals surface area contributed by atoms with Crippen molar-refractivity contribution in [1.82, 2.24) is 14.2 Å². The number of piperidine rings is 1. The summed E-state index contributed by atoms with van der Waals surface area (Å²) >= 11 is 0. The van der Waals surface area contributed by atoms with E-state index >= 15 is 0 Å². The molecule has 36 heavy (non-hydrogen) atoms. The Hall–Kier alpha value is -3.50. The molecule has 0 radical (unpaired) electrons. The smallest absolute Gasteiger partial charge is 0.323 e. The van der Waals surface area contributed by atoms with Gasteiger partial charge in [-0.3, -0.25) is 14.6 Å². The molecule has 188 valence electrons. The first-order valence-corrected chi connectivity index (χ1v) is 13.5. The Labute approximate surface area is 210 Å². The van der Waals surface area contributed by atoms with Crippen molar-refractivity contribution in [3.63, 3.8) is 0 Å². The van der Waals surface area contributed by atoms with Crippen LogP contribution in [0.15, 0.2) is 71.9 Å². The molecule has 1 unspecified atom stereocenters. The largest absolute Gasteiger partial charge is 0.480 e. The van der Waals surface area contributed by atoms with Crippen molar-refractivity contribution >= 4 is 38.4 Å². The third kappa shape index (κ3) is 4.66. The van der Waals surface area contributed by atoms with Crippen molar-refractivity contribution in [3.05, 3.63) is 67.0 Å². The lowest BCUT2D eigenvalue weighted by Gasteiger charge is -2.41. The fourth-order valence-electron chi connectivity index (χ4n) is 5.12. The van der Waals surface area contributed by atoms with E-state index in [1.807, 2.05) is 36.4 Å². The number of aromatic nitrogens is 1. The quantitative estimate of drug-likeness (QED) is 0.564. The average molecular weight is 509 g/mol. The maximum absolute atomic E-state index is 13.4. The Kier molecular flexibility index (Phi) is 6.63. The minimum Gasteiger partial charge on any atom is -0.480 e. The van der Waals surface area contributed by atoms with Gasteiger partial charge in [-0.1, -0.05) is 30.3 Å². The molecule has 0 aliphatic carbocycles. The molecule has 2 aliphatic heterocycles. The van der Waals surface area contributed by atoms with Gasteiger partial charge in [-0.2, -0.15) is 4.31 Å². The molecule has 1 amide bonds. The van der Waals surface area contributed by atoms with Crippen molar-refractivity contribution in [2.45, 2.75) is 23.8 Å². The number of nitrogens with zero attached hydrogens (tertiary/aromatic N) is 4. The summed E-state index contributed by atoms with van der Waals surface area (Å²) in [5.41, 5.74) is 1.06. The number of anilines is 1. The van der Waals surface area contributed by atoms with E-state index in [0.29, 0.717) is 12.8 Å². The fraction of sp³-hybridized carbons (Fsp3) is 0.346. The number of carbonyl (C=O) groups excluding carboxylic acids is 1. The number of piperazine rings is 1. The van der Waals surface area contributed by atoms with Gasteiger partial charge in [0.05, 0.1) is 4.90 Å². The zero-order valence-corrected chi connectivity index (χ0v) is 20.5. The van der Waals surface area contributed by atoms with E-state index in [-0.39, 0.29) is 36.4 Å². The molecule has 0 bridgehead atoms. The second-order valence-electron chi connectivity index (χ2n) is 9.23. The minimum atomic E-state index is -4.06. The van der Waals surface area contributed by atoms with Gasteiger partial charge >= 0.3 is 5.97 Å². The van der Waals surface area contributed by atoms with Crippen LogP contribution in [0, 0.1) is 5.92 Å². The molecule has 9 nitrogen and oxygen atoms in total. The number of benzene rings is 2. The second kappa shape index (κ2) is 9.87. The van der Waals surface area contributed by atoms with Gasteiger partial charge in [-0.25, -0.2) is 8.42 Å². The Morgan fingerprint density at radius 3 is 2.28 bits per heavy atom. The Morgan fingerprint density at radius 1 is 0.889 bits per heavy atom. The molecule has 1 atom stereocenters. The predicted molar refractivity (Wildman–Crippen MR) is 135 cm³/mol. The number of fused-ring (bicyclic) bond motifs is 1. The van der Waals surface area contributed by atoms with E-state index < -0.39 is 22.0 Å². The highest BCUT2D eigenvalue weighted by molar-refractivity contribution is 7.89. The molecule has 0 saturated carbocycles. The topological polar surface area (TPSA) is 111 Å². The molecule has 3 aromatic rings. The van der Waals surface area contributed by atoms with Crippen LogP contribution >= 0.6 is 0 Å². The zero-order valence-electron chi connectivity index (χ0n) is 19.7. The van der Waals surface area contributed by atoms with Gasteiger partial charge in [0.25, 0.3) is 0 Å². The lowest BCUT2D eigenvalue weighted by Crippen LogP contribution is -2.60. The maximum atomic E-state index is 13.4. The van der Waals surface area contributed by atoms with Crippen LogP contribution in [-0.2, 0) is 19.6 Å². The SMILES string of the molecule is O=C(O)C1CN(C(=O)C2CCN(c3ccncc3)CC2)CCN1S(=O)(=O)c1ccc2ccccc2c1. The number of carboxylic acids is 1. The number of pyridine rings is 1. The summed E-state index contributed by atoms with van der Waals surface area (Å²) < 4.78 is 27.9. The number of carbonyl (C=O) groups is 2. The van der Waals surface area contributed by atoms with Gasteiger partial charge in [0, 0.05) is 56.7 Å². The standard InChI is InChI=1S/C26H28N4O5S/c31-25(20-9-13-28(14-10-20)22-7-11-27-12-8-22)29-15-16-30(24(18-29)26(32)33)36(34,35)23-6-5-19-3-1-2-4-21(19)17-23/h1-8,11-12,17,20,24H,9-10,13-16,18H2,(H,32,33). The highest BCUT2D eigenvalue weighted by atomic mass is 32.2. The van der Waals surface area contributed by atoms with Crippen molar-refractivity contribution in [3.8, 4) is 0 Å². The van der Waals surface area contributed by atoms with Crippen molar-refractivity contribution in [1.29, 1.82) is 0 Å². The van der Waals surface area contributed by atoms with E-state index in [4.69, 9.17) is 0 Å². The van der Waals surface area contributed by atoms with E-state index in [1.54, 1.807) is 24.5 Å². The lowest BCUT2D eigenvalue weighted by molar-refractivity contribution is -0.147. The Morgan fingerprint density at radius 2 is 1.58 bits per heavy atom. The Balaban J connectivity index is 1.28. The van der Waals surface area contributed by atoms with Crippen LogP contribution in [0.3, 0.4) is 0 Å². The van der Waals surface area contributed by atoms with Gasteiger partial charge in [0.2, 0.25) is 15.9 Å². The highest BCUT2D eigenvalue weighted by Crippen LogP contribution is 2.28. The van der Waals surface area contributed by atoms with Crippen LogP contribution in [0.5, 0.6) is 0 Å². The molecule has 10 heteroatoms. The first-order valence-electron chi connectivity index (χ1n) is 12.0. The van der Waals surface area contributed by atoms with E-state index in [0.717, 1.165) is 33.9 Å². The third-order valence-electron chi connectivity index (χ3n) is 7.13. The van der Waals surface area contributed by atoms with E-state index in [2.05, 4.69) is 9.88 Å². The first-order chi connectivity index (χ1) is 17.3. The summed E-state index contributed by atoms with van der Waals surface area (Å²) in [5.74, 6) is -1.57. The molecule has 0 spiro atoms. The number of amides is 1. The second-order valence-corrected chi connectivity index (χ2v) is 11.1. The van der Waals surface area contributed by atoms with Crippen molar-refractivity contribution in [2.24, 2.45) is 5.92 Å². The predicted octanol–water partition coefficient (Wildman–Crippen LogP) is 2.44. The summed E-state index contributed by atoms with van der Waals surface area (Å²) in [6.07, 6.45) is 4.80. The maximum Gasteiger partial charge on any atom is 0.323 e. The normalized spacial score (nSPS) is 19.9. The molecule has 2 aliphatic rings. The third-order valence-corrected chi connectivity index (χ3v) is 9.03. The molecular formula is C26H28N4O5S. The molecule has 1 aromatic heterocycles. The molecule has 1 N–H and O–H groups in total. The molecule has 2 aromatic carbocycles. The lowest BCUT2D eigenvalue weighted by atomic mass is 9.94. The van der Waals surface area contributed by atoms with Gasteiger partial charge in [0.15, 0.2) is 0 Å². The Bertz CT molecular complexity index is 1370. The van der Waals surface area contributed by atoms with Crippen LogP contribution in [0.4, 0.5) is 5.69 Å². The fourth-order valence-corrected chi connectivity index (χ4v) is 6.72. The van der Waals surface area contributed by atoms with Crippen LogP contribution in [0.1, 0.15) is 12.8 Å². The number of aliphatic carboxylic acids is 1. The summed E-state index contributed by atoms with van der Waals surface area (Å²) in [5, 5.41) is 11.6.